The van der Waals surface area contributed by atoms with Crippen molar-refractivity contribution in [1.82, 2.24) is 0 Å². The van der Waals surface area contributed by atoms with Crippen molar-refractivity contribution in [3.8, 4) is 0 Å². The second-order valence-electron chi connectivity index (χ2n) is 6.79. The van der Waals surface area contributed by atoms with Gasteiger partial charge in [-0.25, -0.2) is 0 Å². The molecule has 0 bridgehead atoms. The zero-order chi connectivity index (χ0) is 20.1. The van der Waals surface area contributed by atoms with E-state index in [1.54, 1.807) is 24.6 Å². The molecule has 152 valence electrons. The van der Waals surface area contributed by atoms with Crippen molar-refractivity contribution >= 4 is 21.4 Å². The van der Waals surface area contributed by atoms with E-state index in [1.165, 1.54) is 31.4 Å². The minimum atomic E-state index is -5.51. The SMILES string of the molecule is CC/C(=N\OCC1CCCCC1)c1cc(C)ccc1NS(=O)(=O)C(F)(F)F. The van der Waals surface area contributed by atoms with Crippen LogP contribution in [-0.4, -0.2) is 26.2 Å². The number of hydrogen-bond acceptors (Lipinski definition) is 4. The first kappa shape index (κ1) is 21.5. The van der Waals surface area contributed by atoms with Crippen LogP contribution in [0.15, 0.2) is 23.4 Å². The third kappa shape index (κ3) is 5.85. The number of halogens is 3. The van der Waals surface area contributed by atoms with Crippen molar-refractivity contribution in [3.63, 3.8) is 0 Å². The Hall–Kier alpha value is -1.77. The molecule has 0 spiro atoms. The fourth-order valence-electron chi connectivity index (χ4n) is 3.07. The molecule has 0 aliphatic heterocycles. The van der Waals surface area contributed by atoms with E-state index in [2.05, 4.69) is 5.16 Å². The zero-order valence-electron chi connectivity index (χ0n) is 15.5. The average molecular weight is 406 g/mol. The number of rotatable bonds is 7. The predicted molar refractivity (Wildman–Crippen MR) is 99.1 cm³/mol. The topological polar surface area (TPSA) is 67.8 Å². The van der Waals surface area contributed by atoms with Gasteiger partial charge in [0.25, 0.3) is 0 Å². The van der Waals surface area contributed by atoms with Crippen LogP contribution in [0.1, 0.15) is 56.6 Å². The van der Waals surface area contributed by atoms with Gasteiger partial charge in [-0.05, 0) is 44.2 Å². The molecule has 1 aromatic carbocycles. The minimum absolute atomic E-state index is 0.167. The number of nitrogens with zero attached hydrogens (tertiary/aromatic N) is 1. The average Bonchev–Trinajstić information content (AvgIpc) is 2.60. The number of benzene rings is 1. The molecule has 1 fully saturated rings. The molecule has 0 saturated heterocycles. The highest BCUT2D eigenvalue weighted by Crippen LogP contribution is 2.29. The van der Waals surface area contributed by atoms with E-state index < -0.39 is 15.5 Å². The number of alkyl halides is 3. The Morgan fingerprint density at radius 1 is 1.26 bits per heavy atom. The fraction of sp³-hybridized carbons (Fsp3) is 0.611. The lowest BCUT2D eigenvalue weighted by Crippen LogP contribution is -2.30. The molecule has 2 rings (SSSR count). The van der Waals surface area contributed by atoms with Gasteiger partial charge in [0.2, 0.25) is 0 Å². The molecule has 1 aliphatic rings. The highest BCUT2D eigenvalue weighted by Gasteiger charge is 2.46. The van der Waals surface area contributed by atoms with Gasteiger partial charge in [-0.2, -0.15) is 21.6 Å². The Labute approximate surface area is 158 Å². The van der Waals surface area contributed by atoms with Crippen LogP contribution in [0.2, 0.25) is 0 Å². The molecule has 1 aliphatic carbocycles. The van der Waals surface area contributed by atoms with E-state index in [9.17, 15) is 21.6 Å². The Balaban J connectivity index is 2.23. The summed E-state index contributed by atoms with van der Waals surface area (Å²) in [4.78, 5) is 5.46. The van der Waals surface area contributed by atoms with E-state index >= 15 is 0 Å². The largest absolute Gasteiger partial charge is 0.516 e. The van der Waals surface area contributed by atoms with Crippen molar-refractivity contribution in [1.29, 1.82) is 0 Å². The van der Waals surface area contributed by atoms with Gasteiger partial charge in [-0.3, -0.25) is 4.72 Å². The van der Waals surface area contributed by atoms with Crippen molar-refractivity contribution in [3.05, 3.63) is 29.3 Å². The van der Waals surface area contributed by atoms with Gasteiger partial charge in [0.05, 0.1) is 11.4 Å². The van der Waals surface area contributed by atoms with Gasteiger partial charge in [0, 0.05) is 5.56 Å². The van der Waals surface area contributed by atoms with Gasteiger partial charge < -0.3 is 4.84 Å². The van der Waals surface area contributed by atoms with E-state index in [-0.39, 0.29) is 11.3 Å². The Kier molecular flexibility index (Phi) is 7.13. The quantitative estimate of drug-likeness (QED) is 0.514. The normalized spacial score (nSPS) is 17.0. The summed E-state index contributed by atoms with van der Waals surface area (Å²) in [5.74, 6) is 0.432. The summed E-state index contributed by atoms with van der Waals surface area (Å²) in [7, 11) is -5.51. The highest BCUT2D eigenvalue weighted by molar-refractivity contribution is 7.93. The van der Waals surface area contributed by atoms with Crippen LogP contribution in [0.3, 0.4) is 0 Å². The summed E-state index contributed by atoms with van der Waals surface area (Å²) in [6.45, 7) is 4.01. The van der Waals surface area contributed by atoms with E-state index in [0.717, 1.165) is 18.4 Å². The Morgan fingerprint density at radius 2 is 1.93 bits per heavy atom. The molecule has 0 heterocycles. The molecule has 1 aromatic rings. The zero-order valence-corrected chi connectivity index (χ0v) is 16.3. The lowest BCUT2D eigenvalue weighted by molar-refractivity contribution is -0.0429. The summed E-state index contributed by atoms with van der Waals surface area (Å²) < 4.78 is 62.7. The Morgan fingerprint density at radius 3 is 2.52 bits per heavy atom. The lowest BCUT2D eigenvalue weighted by Gasteiger charge is -2.20. The monoisotopic (exact) mass is 406 g/mol. The molecule has 0 atom stereocenters. The molecule has 0 unspecified atom stereocenters. The number of anilines is 1. The standard InChI is InChI=1S/C18H25F3N2O3S/c1-3-16(22-26-12-14-7-5-4-6-8-14)15-11-13(2)9-10-17(15)23-27(24,25)18(19,20)21/h9-11,14,23H,3-8,12H2,1-2H3/b22-16+. The van der Waals surface area contributed by atoms with Crippen LogP contribution in [0.25, 0.3) is 0 Å². The van der Waals surface area contributed by atoms with Crippen LogP contribution in [0, 0.1) is 12.8 Å². The number of nitrogens with one attached hydrogen (secondary N) is 1. The van der Waals surface area contributed by atoms with E-state index in [4.69, 9.17) is 4.84 Å². The molecule has 1 saturated carbocycles. The minimum Gasteiger partial charge on any atom is -0.395 e. The summed E-state index contributed by atoms with van der Waals surface area (Å²) >= 11 is 0. The lowest BCUT2D eigenvalue weighted by atomic mass is 9.90. The summed E-state index contributed by atoms with van der Waals surface area (Å²) in [6, 6.07) is 4.44. The molecule has 1 N–H and O–H groups in total. The molecular formula is C18H25F3N2O3S. The summed E-state index contributed by atoms with van der Waals surface area (Å²) in [5.41, 5.74) is -4.10. The maximum atomic E-state index is 12.7. The van der Waals surface area contributed by atoms with Gasteiger partial charge in [-0.1, -0.05) is 43.0 Å². The van der Waals surface area contributed by atoms with Crippen LogP contribution in [0.4, 0.5) is 18.9 Å². The second kappa shape index (κ2) is 8.95. The maximum Gasteiger partial charge on any atom is 0.516 e. The Bertz CT molecular complexity index is 771. The highest BCUT2D eigenvalue weighted by atomic mass is 32.2. The molecule has 27 heavy (non-hydrogen) atoms. The number of hydrogen-bond donors (Lipinski definition) is 1. The smallest absolute Gasteiger partial charge is 0.395 e. The fourth-order valence-corrected chi connectivity index (χ4v) is 3.65. The number of oxime groups is 1. The maximum absolute atomic E-state index is 12.7. The molecule has 0 amide bonds. The van der Waals surface area contributed by atoms with Crippen LogP contribution >= 0.6 is 0 Å². The molecular weight excluding hydrogens is 381 g/mol. The summed E-state index contributed by atoms with van der Waals surface area (Å²) in [6.07, 6.45) is 6.11. The second-order valence-corrected chi connectivity index (χ2v) is 8.47. The molecule has 0 aromatic heterocycles. The van der Waals surface area contributed by atoms with Gasteiger partial charge in [-0.15, -0.1) is 0 Å². The number of aryl methyl sites for hydroxylation is 1. The third-order valence-electron chi connectivity index (χ3n) is 4.58. The first-order valence-corrected chi connectivity index (χ1v) is 10.5. The van der Waals surface area contributed by atoms with Crippen molar-refractivity contribution < 1.29 is 26.4 Å². The van der Waals surface area contributed by atoms with E-state index in [0.29, 0.717) is 24.7 Å². The molecule has 5 nitrogen and oxygen atoms in total. The first-order chi connectivity index (χ1) is 12.6. The van der Waals surface area contributed by atoms with Gasteiger partial charge in [0.1, 0.15) is 6.61 Å². The number of sulfonamides is 1. The molecule has 9 heteroatoms. The van der Waals surface area contributed by atoms with Crippen LogP contribution in [-0.2, 0) is 14.9 Å². The molecule has 0 radical (unpaired) electrons. The van der Waals surface area contributed by atoms with Crippen molar-refractivity contribution in [2.45, 2.75) is 57.9 Å². The van der Waals surface area contributed by atoms with Gasteiger partial charge >= 0.3 is 15.5 Å². The van der Waals surface area contributed by atoms with Crippen LogP contribution in [0.5, 0.6) is 0 Å². The summed E-state index contributed by atoms with van der Waals surface area (Å²) in [5, 5.41) is 4.10. The van der Waals surface area contributed by atoms with Crippen LogP contribution < -0.4 is 4.72 Å². The first-order valence-electron chi connectivity index (χ1n) is 9.03. The van der Waals surface area contributed by atoms with Crippen molar-refractivity contribution in [2.24, 2.45) is 11.1 Å². The predicted octanol–water partition coefficient (Wildman–Crippen LogP) is 4.97. The van der Waals surface area contributed by atoms with E-state index in [1.807, 2.05) is 0 Å². The third-order valence-corrected chi connectivity index (χ3v) is 5.68. The van der Waals surface area contributed by atoms with Gasteiger partial charge in [0.15, 0.2) is 0 Å². The van der Waals surface area contributed by atoms with Crippen molar-refractivity contribution in [2.75, 3.05) is 11.3 Å².